The van der Waals surface area contributed by atoms with Crippen molar-refractivity contribution in [3.63, 3.8) is 0 Å². The fraction of sp³-hybridized carbons (Fsp3) is 1.00. The van der Waals surface area contributed by atoms with Crippen LogP contribution in [0.4, 0.5) is 0 Å². The van der Waals surface area contributed by atoms with Crippen LogP contribution in [0.2, 0.25) is 0 Å². The van der Waals surface area contributed by atoms with E-state index in [4.69, 9.17) is 5.11 Å². The molecule has 0 aromatic carbocycles. The first-order chi connectivity index (χ1) is 7.26. The van der Waals surface area contributed by atoms with E-state index in [1.807, 2.05) is 0 Å². The van der Waals surface area contributed by atoms with Crippen LogP contribution in [0.3, 0.4) is 0 Å². The monoisotopic (exact) mass is 212 g/mol. The topological polar surface area (TPSA) is 40.5 Å². The van der Waals surface area contributed by atoms with Gasteiger partial charge in [0.2, 0.25) is 0 Å². The van der Waals surface area contributed by atoms with Crippen molar-refractivity contribution >= 4 is 0 Å². The minimum atomic E-state index is 0.345. The van der Waals surface area contributed by atoms with E-state index in [1.54, 1.807) is 0 Å². The van der Waals surface area contributed by atoms with Gasteiger partial charge in [-0.15, -0.1) is 0 Å². The zero-order valence-electron chi connectivity index (χ0n) is 9.73. The summed E-state index contributed by atoms with van der Waals surface area (Å²) < 4.78 is 0. The maximum Gasteiger partial charge on any atom is 0.0462 e. The molecule has 0 aromatic heterocycles. The Bertz CT molecular complexity index is 205. The lowest BCUT2D eigenvalue weighted by Gasteiger charge is -2.39. The van der Waals surface area contributed by atoms with Gasteiger partial charge in [-0.2, -0.15) is 0 Å². The van der Waals surface area contributed by atoms with Crippen LogP contribution in [0.25, 0.3) is 0 Å². The van der Waals surface area contributed by atoms with Crippen LogP contribution in [-0.4, -0.2) is 23.4 Å². The SMILES string of the molecule is CC1CC(CCO)CC2CCC(CO)C12. The van der Waals surface area contributed by atoms with Crippen molar-refractivity contribution in [3.8, 4) is 0 Å². The highest BCUT2D eigenvalue weighted by atomic mass is 16.3. The van der Waals surface area contributed by atoms with Crippen molar-refractivity contribution in [3.05, 3.63) is 0 Å². The van der Waals surface area contributed by atoms with Crippen LogP contribution >= 0.6 is 0 Å². The first-order valence-electron chi connectivity index (χ1n) is 6.48. The summed E-state index contributed by atoms with van der Waals surface area (Å²) in [7, 11) is 0. The standard InChI is InChI=1S/C13H24O2/c1-9-6-10(4-5-14)7-11-2-3-12(8-15)13(9)11/h9-15H,2-8H2,1H3. The summed E-state index contributed by atoms with van der Waals surface area (Å²) >= 11 is 0. The van der Waals surface area contributed by atoms with Crippen LogP contribution in [0.15, 0.2) is 0 Å². The van der Waals surface area contributed by atoms with Gasteiger partial charge in [-0.25, -0.2) is 0 Å². The number of aliphatic hydroxyl groups excluding tert-OH is 2. The van der Waals surface area contributed by atoms with E-state index >= 15 is 0 Å². The molecule has 0 aromatic rings. The molecule has 0 amide bonds. The van der Waals surface area contributed by atoms with E-state index < -0.39 is 0 Å². The van der Waals surface area contributed by atoms with Crippen molar-refractivity contribution in [2.75, 3.05) is 13.2 Å². The number of rotatable bonds is 3. The molecule has 0 bridgehead atoms. The predicted molar refractivity (Wildman–Crippen MR) is 60.4 cm³/mol. The third kappa shape index (κ3) is 2.21. The molecule has 15 heavy (non-hydrogen) atoms. The molecule has 2 aliphatic rings. The lowest BCUT2D eigenvalue weighted by molar-refractivity contribution is 0.0721. The Morgan fingerprint density at radius 1 is 1.13 bits per heavy atom. The largest absolute Gasteiger partial charge is 0.396 e. The van der Waals surface area contributed by atoms with Crippen molar-refractivity contribution < 1.29 is 10.2 Å². The van der Waals surface area contributed by atoms with Crippen LogP contribution in [-0.2, 0) is 0 Å². The number of hydrogen-bond acceptors (Lipinski definition) is 2. The Labute approximate surface area is 92.7 Å². The molecule has 2 N–H and O–H groups in total. The molecule has 88 valence electrons. The molecule has 0 spiro atoms. The highest BCUT2D eigenvalue weighted by molar-refractivity contribution is 4.92. The minimum absolute atomic E-state index is 0.345. The van der Waals surface area contributed by atoms with Gasteiger partial charge in [0, 0.05) is 13.2 Å². The Morgan fingerprint density at radius 2 is 1.93 bits per heavy atom. The van der Waals surface area contributed by atoms with Gasteiger partial charge in [0.1, 0.15) is 0 Å². The average Bonchev–Trinajstić information content (AvgIpc) is 2.61. The fourth-order valence-electron chi connectivity index (χ4n) is 4.24. The molecule has 2 rings (SSSR count). The third-order valence-corrected chi connectivity index (χ3v) is 4.77. The number of aliphatic hydroxyl groups is 2. The molecule has 2 heteroatoms. The summed E-state index contributed by atoms with van der Waals surface area (Å²) in [6.07, 6.45) is 6.08. The van der Waals surface area contributed by atoms with E-state index in [1.165, 1.54) is 25.7 Å². The van der Waals surface area contributed by atoms with Gasteiger partial charge in [-0.3, -0.25) is 0 Å². The predicted octanol–water partition coefficient (Wildman–Crippen LogP) is 2.05. The second kappa shape index (κ2) is 4.84. The summed E-state index contributed by atoms with van der Waals surface area (Å²) in [6, 6.07) is 0. The van der Waals surface area contributed by atoms with Gasteiger partial charge in [0.05, 0.1) is 0 Å². The highest BCUT2D eigenvalue weighted by Gasteiger charge is 2.43. The Morgan fingerprint density at radius 3 is 2.60 bits per heavy atom. The molecule has 2 saturated carbocycles. The number of hydrogen-bond donors (Lipinski definition) is 2. The Balaban J connectivity index is 1.98. The van der Waals surface area contributed by atoms with Gasteiger partial charge in [0.15, 0.2) is 0 Å². The first-order valence-corrected chi connectivity index (χ1v) is 6.48. The van der Waals surface area contributed by atoms with Crippen LogP contribution in [0, 0.1) is 29.6 Å². The molecule has 0 saturated heterocycles. The second-order valence-electron chi connectivity index (χ2n) is 5.68. The normalized spacial score (nSPS) is 45.4. The zero-order valence-corrected chi connectivity index (χ0v) is 9.73. The fourth-order valence-corrected chi connectivity index (χ4v) is 4.24. The van der Waals surface area contributed by atoms with Gasteiger partial charge >= 0.3 is 0 Å². The average molecular weight is 212 g/mol. The summed E-state index contributed by atoms with van der Waals surface area (Å²) in [5.74, 6) is 3.66. The van der Waals surface area contributed by atoms with E-state index in [0.717, 1.165) is 30.1 Å². The van der Waals surface area contributed by atoms with Gasteiger partial charge < -0.3 is 10.2 Å². The Kier molecular flexibility index (Phi) is 3.68. The van der Waals surface area contributed by atoms with E-state index in [2.05, 4.69) is 6.92 Å². The first kappa shape index (κ1) is 11.4. The van der Waals surface area contributed by atoms with E-state index in [9.17, 15) is 5.11 Å². The highest BCUT2D eigenvalue weighted by Crippen LogP contribution is 2.50. The molecule has 0 heterocycles. The van der Waals surface area contributed by atoms with Gasteiger partial charge in [-0.1, -0.05) is 6.92 Å². The third-order valence-electron chi connectivity index (χ3n) is 4.77. The molecule has 2 aliphatic carbocycles. The van der Waals surface area contributed by atoms with Crippen LogP contribution in [0.1, 0.15) is 39.0 Å². The molecular weight excluding hydrogens is 188 g/mol. The summed E-state index contributed by atoms with van der Waals surface area (Å²) in [5.41, 5.74) is 0. The molecule has 2 nitrogen and oxygen atoms in total. The number of fused-ring (bicyclic) bond motifs is 1. The maximum absolute atomic E-state index is 9.35. The minimum Gasteiger partial charge on any atom is -0.396 e. The lowest BCUT2D eigenvalue weighted by Crippen LogP contribution is -2.32. The Hall–Kier alpha value is -0.0800. The van der Waals surface area contributed by atoms with Crippen molar-refractivity contribution in [1.82, 2.24) is 0 Å². The van der Waals surface area contributed by atoms with Crippen molar-refractivity contribution in [2.45, 2.75) is 39.0 Å². The quantitative estimate of drug-likeness (QED) is 0.751. The zero-order chi connectivity index (χ0) is 10.8. The molecule has 0 radical (unpaired) electrons. The van der Waals surface area contributed by atoms with E-state index in [0.29, 0.717) is 19.1 Å². The molecule has 0 aliphatic heterocycles. The van der Waals surface area contributed by atoms with Crippen molar-refractivity contribution in [1.29, 1.82) is 0 Å². The summed E-state index contributed by atoms with van der Waals surface area (Å²) in [6.45, 7) is 3.07. The molecular formula is C13H24O2. The smallest absolute Gasteiger partial charge is 0.0462 e. The second-order valence-corrected chi connectivity index (χ2v) is 5.68. The lowest BCUT2D eigenvalue weighted by atomic mass is 9.67. The molecule has 5 atom stereocenters. The summed E-state index contributed by atoms with van der Waals surface area (Å²) in [4.78, 5) is 0. The van der Waals surface area contributed by atoms with Crippen LogP contribution in [0.5, 0.6) is 0 Å². The van der Waals surface area contributed by atoms with Gasteiger partial charge in [-0.05, 0) is 61.7 Å². The molecule has 2 fully saturated rings. The molecule has 5 unspecified atom stereocenters. The van der Waals surface area contributed by atoms with Crippen LogP contribution < -0.4 is 0 Å². The van der Waals surface area contributed by atoms with Gasteiger partial charge in [0.25, 0.3) is 0 Å². The van der Waals surface area contributed by atoms with E-state index in [-0.39, 0.29) is 0 Å². The summed E-state index contributed by atoms with van der Waals surface area (Å²) in [5, 5.41) is 18.4. The maximum atomic E-state index is 9.35. The van der Waals surface area contributed by atoms with Crippen molar-refractivity contribution in [2.24, 2.45) is 29.6 Å².